The lowest BCUT2D eigenvalue weighted by Crippen LogP contribution is -1.81. The number of pyridine rings is 1. The highest BCUT2D eigenvalue weighted by Gasteiger charge is 2.05. The Balaban J connectivity index is 2.23. The fourth-order valence-electron chi connectivity index (χ4n) is 1.88. The van der Waals surface area contributed by atoms with Crippen molar-refractivity contribution in [2.75, 3.05) is 0 Å². The molecule has 0 atom stereocenters. The quantitative estimate of drug-likeness (QED) is 0.683. The zero-order chi connectivity index (χ0) is 11.7. The topological polar surface area (TPSA) is 52.5 Å². The van der Waals surface area contributed by atoms with E-state index in [1.807, 2.05) is 42.6 Å². The average Bonchev–Trinajstić information content (AvgIpc) is 2.81. The lowest BCUT2D eigenvalue weighted by Gasteiger charge is -2.00. The minimum absolute atomic E-state index is 0.630. The third kappa shape index (κ3) is 1.56. The summed E-state index contributed by atoms with van der Waals surface area (Å²) in [5.74, 6) is 0. The van der Waals surface area contributed by atoms with Gasteiger partial charge in [-0.2, -0.15) is 5.26 Å². The van der Waals surface area contributed by atoms with Crippen molar-refractivity contribution < 1.29 is 0 Å². The summed E-state index contributed by atoms with van der Waals surface area (Å²) in [5, 5.41) is 9.86. The predicted octanol–water partition coefficient (Wildman–Crippen LogP) is 3.10. The Morgan fingerprint density at radius 2 is 1.94 bits per heavy atom. The summed E-state index contributed by atoms with van der Waals surface area (Å²) in [7, 11) is 0. The molecule has 0 spiro atoms. The minimum atomic E-state index is 0.630. The summed E-state index contributed by atoms with van der Waals surface area (Å²) in [5.41, 5.74) is 3.51. The molecule has 0 aliphatic carbocycles. The van der Waals surface area contributed by atoms with Gasteiger partial charge in [-0.25, -0.2) is 4.98 Å². The summed E-state index contributed by atoms with van der Waals surface area (Å²) < 4.78 is 0. The summed E-state index contributed by atoms with van der Waals surface area (Å²) in [6.07, 6.45) is 3.50. The van der Waals surface area contributed by atoms with E-state index in [0.29, 0.717) is 5.56 Å². The highest BCUT2D eigenvalue weighted by atomic mass is 14.8. The van der Waals surface area contributed by atoms with Crippen LogP contribution in [-0.2, 0) is 0 Å². The van der Waals surface area contributed by atoms with Crippen molar-refractivity contribution >= 4 is 11.0 Å². The SMILES string of the molecule is N#Cc1c[nH]c2ncc(-c3ccccc3)cc12. The minimum Gasteiger partial charge on any atom is -0.345 e. The van der Waals surface area contributed by atoms with Crippen molar-refractivity contribution in [1.82, 2.24) is 9.97 Å². The van der Waals surface area contributed by atoms with Crippen LogP contribution in [0.5, 0.6) is 0 Å². The number of benzene rings is 1. The zero-order valence-electron chi connectivity index (χ0n) is 9.01. The number of hydrogen-bond acceptors (Lipinski definition) is 2. The van der Waals surface area contributed by atoms with Gasteiger partial charge in [0.25, 0.3) is 0 Å². The van der Waals surface area contributed by atoms with Crippen molar-refractivity contribution in [3.63, 3.8) is 0 Å². The van der Waals surface area contributed by atoms with Gasteiger partial charge >= 0.3 is 0 Å². The molecule has 0 unspecified atom stereocenters. The molecule has 3 heteroatoms. The second-order valence-corrected chi connectivity index (χ2v) is 3.80. The molecule has 0 saturated heterocycles. The molecule has 80 valence electrons. The van der Waals surface area contributed by atoms with E-state index < -0.39 is 0 Å². The lowest BCUT2D eigenvalue weighted by molar-refractivity contribution is 1.32. The monoisotopic (exact) mass is 219 g/mol. The maximum Gasteiger partial charge on any atom is 0.138 e. The van der Waals surface area contributed by atoms with Crippen molar-refractivity contribution in [1.29, 1.82) is 5.26 Å². The molecule has 0 bridgehead atoms. The highest BCUT2D eigenvalue weighted by Crippen LogP contribution is 2.23. The molecule has 1 N–H and O–H groups in total. The van der Waals surface area contributed by atoms with Crippen LogP contribution in [0.15, 0.2) is 48.8 Å². The molecule has 1 aromatic carbocycles. The highest BCUT2D eigenvalue weighted by molar-refractivity contribution is 5.86. The van der Waals surface area contributed by atoms with Gasteiger partial charge in [0.15, 0.2) is 0 Å². The number of aromatic amines is 1. The van der Waals surface area contributed by atoms with Crippen molar-refractivity contribution in [2.24, 2.45) is 0 Å². The van der Waals surface area contributed by atoms with E-state index in [0.717, 1.165) is 22.2 Å². The van der Waals surface area contributed by atoms with Crippen LogP contribution in [-0.4, -0.2) is 9.97 Å². The molecule has 17 heavy (non-hydrogen) atoms. The molecule has 0 fully saturated rings. The number of nitriles is 1. The summed E-state index contributed by atoms with van der Waals surface area (Å²) in [6.45, 7) is 0. The standard InChI is InChI=1S/C14H9N3/c15-7-12-9-17-14-13(12)6-11(8-16-14)10-4-2-1-3-5-10/h1-6,8-9H,(H,16,17). The van der Waals surface area contributed by atoms with Crippen LogP contribution >= 0.6 is 0 Å². The van der Waals surface area contributed by atoms with Gasteiger partial charge in [0.05, 0.1) is 5.56 Å². The number of nitrogens with one attached hydrogen (secondary N) is 1. The Labute approximate surface area is 98.4 Å². The molecule has 3 rings (SSSR count). The lowest BCUT2D eigenvalue weighted by atomic mass is 10.1. The van der Waals surface area contributed by atoms with Crippen molar-refractivity contribution in [2.45, 2.75) is 0 Å². The first-order chi connectivity index (χ1) is 8.38. The molecular formula is C14H9N3. The van der Waals surface area contributed by atoms with Crippen LogP contribution in [0.2, 0.25) is 0 Å². The fourth-order valence-corrected chi connectivity index (χ4v) is 1.88. The van der Waals surface area contributed by atoms with E-state index in [9.17, 15) is 0 Å². The number of hydrogen-bond donors (Lipinski definition) is 1. The van der Waals surface area contributed by atoms with Crippen LogP contribution in [0.3, 0.4) is 0 Å². The van der Waals surface area contributed by atoms with Gasteiger partial charge in [-0.1, -0.05) is 30.3 Å². The van der Waals surface area contributed by atoms with Gasteiger partial charge in [0.2, 0.25) is 0 Å². The second-order valence-electron chi connectivity index (χ2n) is 3.80. The number of fused-ring (bicyclic) bond motifs is 1. The number of rotatable bonds is 1. The van der Waals surface area contributed by atoms with Crippen molar-refractivity contribution in [3.8, 4) is 17.2 Å². The predicted molar refractivity (Wildman–Crippen MR) is 66.2 cm³/mol. The first-order valence-electron chi connectivity index (χ1n) is 5.31. The average molecular weight is 219 g/mol. The number of H-pyrrole nitrogens is 1. The molecule has 0 amide bonds. The Bertz CT molecular complexity index is 705. The van der Waals surface area contributed by atoms with Gasteiger partial charge < -0.3 is 4.98 Å². The maximum atomic E-state index is 8.99. The molecule has 2 aromatic heterocycles. The Kier molecular flexibility index (Phi) is 2.13. The van der Waals surface area contributed by atoms with Crippen LogP contribution < -0.4 is 0 Å². The number of aromatic nitrogens is 2. The largest absolute Gasteiger partial charge is 0.345 e. The van der Waals surface area contributed by atoms with Crippen LogP contribution in [0, 0.1) is 11.3 Å². The van der Waals surface area contributed by atoms with E-state index >= 15 is 0 Å². The van der Waals surface area contributed by atoms with Gasteiger partial charge in [-0.15, -0.1) is 0 Å². The van der Waals surface area contributed by atoms with Crippen LogP contribution in [0.25, 0.3) is 22.2 Å². The van der Waals surface area contributed by atoms with Gasteiger partial charge in [-0.3, -0.25) is 0 Å². The third-order valence-electron chi connectivity index (χ3n) is 2.76. The van der Waals surface area contributed by atoms with Gasteiger partial charge in [0.1, 0.15) is 11.7 Å². The van der Waals surface area contributed by atoms with E-state index in [4.69, 9.17) is 5.26 Å². The normalized spacial score (nSPS) is 10.3. The molecule has 0 radical (unpaired) electrons. The van der Waals surface area contributed by atoms with Crippen LogP contribution in [0.4, 0.5) is 0 Å². The summed E-state index contributed by atoms with van der Waals surface area (Å²) in [4.78, 5) is 7.30. The zero-order valence-corrected chi connectivity index (χ0v) is 9.01. The Morgan fingerprint density at radius 1 is 1.12 bits per heavy atom. The van der Waals surface area contributed by atoms with E-state index in [-0.39, 0.29) is 0 Å². The number of nitrogens with zero attached hydrogens (tertiary/aromatic N) is 2. The van der Waals surface area contributed by atoms with E-state index in [2.05, 4.69) is 16.0 Å². The molecule has 2 heterocycles. The summed E-state index contributed by atoms with van der Waals surface area (Å²) >= 11 is 0. The Hall–Kier alpha value is -2.60. The fraction of sp³-hybridized carbons (Fsp3) is 0. The molecule has 3 nitrogen and oxygen atoms in total. The van der Waals surface area contributed by atoms with E-state index in [1.54, 1.807) is 6.20 Å². The first kappa shape index (κ1) is 9.61. The molecule has 0 aliphatic heterocycles. The molecule has 0 aliphatic rings. The summed E-state index contributed by atoms with van der Waals surface area (Å²) in [6, 6.07) is 14.2. The smallest absolute Gasteiger partial charge is 0.138 e. The van der Waals surface area contributed by atoms with Gasteiger partial charge in [0, 0.05) is 23.3 Å². The first-order valence-corrected chi connectivity index (χ1v) is 5.31. The molecular weight excluding hydrogens is 210 g/mol. The molecule has 3 aromatic rings. The Morgan fingerprint density at radius 3 is 2.71 bits per heavy atom. The maximum absolute atomic E-state index is 8.99. The molecule has 0 saturated carbocycles. The van der Waals surface area contributed by atoms with Crippen molar-refractivity contribution in [3.05, 3.63) is 54.4 Å². The van der Waals surface area contributed by atoms with Crippen LogP contribution in [0.1, 0.15) is 5.56 Å². The van der Waals surface area contributed by atoms with E-state index in [1.165, 1.54) is 0 Å². The second kappa shape index (κ2) is 3.76. The van der Waals surface area contributed by atoms with Gasteiger partial charge in [-0.05, 0) is 11.6 Å². The third-order valence-corrected chi connectivity index (χ3v) is 2.76.